The van der Waals surface area contributed by atoms with Crippen LogP contribution in [0.5, 0.6) is 0 Å². The van der Waals surface area contributed by atoms with Gasteiger partial charge in [0.2, 0.25) is 0 Å². The van der Waals surface area contributed by atoms with Crippen LogP contribution in [0.25, 0.3) is 0 Å². The molecule has 1 aliphatic rings. The van der Waals surface area contributed by atoms with Gasteiger partial charge < -0.3 is 23.8 Å². The summed E-state index contributed by atoms with van der Waals surface area (Å²) in [5.41, 5.74) is 1.37. The van der Waals surface area contributed by atoms with Gasteiger partial charge >= 0.3 is 18.0 Å². The highest BCUT2D eigenvalue weighted by molar-refractivity contribution is 6.03. The molecule has 0 aliphatic carbocycles. The third-order valence-electron chi connectivity index (χ3n) is 3.99. The van der Waals surface area contributed by atoms with Gasteiger partial charge in [0.05, 0.1) is 26.4 Å². The average molecular weight is 406 g/mol. The van der Waals surface area contributed by atoms with E-state index in [0.29, 0.717) is 11.4 Å². The van der Waals surface area contributed by atoms with Gasteiger partial charge in [-0.1, -0.05) is 0 Å². The van der Waals surface area contributed by atoms with Crippen molar-refractivity contribution in [1.82, 2.24) is 0 Å². The number of aryl methyl sites for hydroxylation is 1. The Morgan fingerprint density at radius 2 is 1.76 bits per heavy atom. The van der Waals surface area contributed by atoms with Crippen LogP contribution in [0.3, 0.4) is 0 Å². The van der Waals surface area contributed by atoms with Crippen molar-refractivity contribution in [3.05, 3.63) is 35.0 Å². The Balaban J connectivity index is 2.35. The van der Waals surface area contributed by atoms with E-state index < -0.39 is 23.6 Å². The zero-order valence-electron chi connectivity index (χ0n) is 17.5. The lowest BCUT2D eigenvalue weighted by Crippen LogP contribution is -2.38. The van der Waals surface area contributed by atoms with Gasteiger partial charge in [0.1, 0.15) is 18.0 Å². The molecule has 0 unspecified atom stereocenters. The second kappa shape index (κ2) is 8.95. The average Bonchev–Trinajstić information content (AvgIpc) is 2.66. The predicted molar refractivity (Wildman–Crippen MR) is 105 cm³/mol. The quantitative estimate of drug-likeness (QED) is 0.601. The lowest BCUT2D eigenvalue weighted by atomic mass is 10.1. The van der Waals surface area contributed by atoms with Crippen molar-refractivity contribution in [3.63, 3.8) is 0 Å². The SMILES string of the molecule is COC(=O)C1=C(C(=O)OC)N(c2ccc(NC(=O)OC(C)(C)C)c(C)c2)COC1. The first kappa shape index (κ1) is 22.2. The first-order valence-electron chi connectivity index (χ1n) is 8.93. The van der Waals surface area contributed by atoms with Crippen LogP contribution in [0.2, 0.25) is 0 Å². The summed E-state index contributed by atoms with van der Waals surface area (Å²) in [5.74, 6) is -1.35. The molecule has 1 aliphatic heterocycles. The molecule has 1 amide bonds. The summed E-state index contributed by atoms with van der Waals surface area (Å²) in [6.07, 6.45) is -0.572. The molecule has 9 heteroatoms. The number of methoxy groups -OCH3 is 2. The number of hydrogen-bond donors (Lipinski definition) is 1. The van der Waals surface area contributed by atoms with E-state index in [-0.39, 0.29) is 24.6 Å². The largest absolute Gasteiger partial charge is 0.466 e. The molecular weight excluding hydrogens is 380 g/mol. The first-order valence-corrected chi connectivity index (χ1v) is 8.93. The van der Waals surface area contributed by atoms with Crippen LogP contribution in [0.15, 0.2) is 29.5 Å². The minimum absolute atomic E-state index is 0.0448. The number of benzene rings is 1. The Kier molecular flexibility index (Phi) is 6.86. The smallest absolute Gasteiger partial charge is 0.412 e. The third-order valence-corrected chi connectivity index (χ3v) is 3.99. The zero-order valence-corrected chi connectivity index (χ0v) is 17.5. The Hall–Kier alpha value is -3.07. The Morgan fingerprint density at radius 1 is 1.10 bits per heavy atom. The van der Waals surface area contributed by atoms with Gasteiger partial charge in [-0.2, -0.15) is 0 Å². The summed E-state index contributed by atoms with van der Waals surface area (Å²) in [5, 5.41) is 2.69. The highest BCUT2D eigenvalue weighted by Crippen LogP contribution is 2.30. The molecule has 0 saturated carbocycles. The lowest BCUT2D eigenvalue weighted by Gasteiger charge is -2.31. The fraction of sp³-hybridized carbons (Fsp3) is 0.450. The van der Waals surface area contributed by atoms with Crippen LogP contribution >= 0.6 is 0 Å². The zero-order chi connectivity index (χ0) is 21.8. The third kappa shape index (κ3) is 5.47. The number of nitrogens with zero attached hydrogens (tertiary/aromatic N) is 1. The molecule has 1 aromatic rings. The summed E-state index contributed by atoms with van der Waals surface area (Å²) in [7, 11) is 2.46. The van der Waals surface area contributed by atoms with E-state index in [1.54, 1.807) is 45.9 Å². The molecule has 0 saturated heterocycles. The number of carbonyl (C=O) groups excluding carboxylic acids is 3. The molecule has 1 heterocycles. The van der Waals surface area contributed by atoms with E-state index in [1.807, 2.05) is 0 Å². The van der Waals surface area contributed by atoms with Gasteiger partial charge in [-0.15, -0.1) is 0 Å². The number of esters is 2. The molecule has 0 radical (unpaired) electrons. The second-order valence-corrected chi connectivity index (χ2v) is 7.34. The number of amides is 1. The maximum absolute atomic E-state index is 12.4. The molecule has 158 valence electrons. The van der Waals surface area contributed by atoms with Crippen LogP contribution < -0.4 is 10.2 Å². The predicted octanol–water partition coefficient (Wildman–Crippen LogP) is 2.74. The van der Waals surface area contributed by atoms with Gasteiger partial charge in [0, 0.05) is 11.4 Å². The van der Waals surface area contributed by atoms with Crippen molar-refractivity contribution in [3.8, 4) is 0 Å². The summed E-state index contributed by atoms with van der Waals surface area (Å²) in [6, 6.07) is 5.11. The molecule has 29 heavy (non-hydrogen) atoms. The van der Waals surface area contributed by atoms with Gasteiger partial charge in [-0.25, -0.2) is 14.4 Å². The van der Waals surface area contributed by atoms with E-state index in [4.69, 9.17) is 18.9 Å². The summed E-state index contributed by atoms with van der Waals surface area (Å²) in [4.78, 5) is 38.0. The van der Waals surface area contributed by atoms with Crippen molar-refractivity contribution in [2.24, 2.45) is 0 Å². The standard InChI is InChI=1S/C20H26N2O7/c1-12-9-13(7-8-15(12)21-19(25)29-20(2,3)4)22-11-28-10-14(17(23)26-5)16(22)18(24)27-6/h7-9H,10-11H2,1-6H3,(H,21,25). The van der Waals surface area contributed by atoms with Gasteiger partial charge in [0.25, 0.3) is 0 Å². The lowest BCUT2D eigenvalue weighted by molar-refractivity contribution is -0.140. The molecule has 0 spiro atoms. The fourth-order valence-electron chi connectivity index (χ4n) is 2.72. The van der Waals surface area contributed by atoms with Crippen molar-refractivity contribution in [2.75, 3.05) is 37.8 Å². The fourth-order valence-corrected chi connectivity index (χ4v) is 2.72. The topological polar surface area (TPSA) is 103 Å². The molecule has 9 nitrogen and oxygen atoms in total. The molecule has 2 rings (SSSR count). The van der Waals surface area contributed by atoms with Crippen molar-refractivity contribution < 1.29 is 33.3 Å². The molecule has 0 atom stereocenters. The number of carbonyl (C=O) groups is 3. The number of nitrogens with one attached hydrogen (secondary N) is 1. The van der Waals surface area contributed by atoms with E-state index in [0.717, 1.165) is 5.56 Å². The van der Waals surface area contributed by atoms with E-state index in [9.17, 15) is 14.4 Å². The number of ether oxygens (including phenoxy) is 4. The van der Waals surface area contributed by atoms with Gasteiger partial charge in [-0.05, 0) is 51.5 Å². The Morgan fingerprint density at radius 3 is 2.31 bits per heavy atom. The van der Waals surface area contributed by atoms with Crippen molar-refractivity contribution in [1.29, 1.82) is 0 Å². The van der Waals surface area contributed by atoms with Gasteiger partial charge in [-0.3, -0.25) is 5.32 Å². The summed E-state index contributed by atoms with van der Waals surface area (Å²) >= 11 is 0. The molecule has 1 N–H and O–H groups in total. The monoisotopic (exact) mass is 406 g/mol. The summed E-state index contributed by atoms with van der Waals surface area (Å²) in [6.45, 7) is 7.10. The second-order valence-electron chi connectivity index (χ2n) is 7.34. The Bertz CT molecular complexity index is 840. The maximum Gasteiger partial charge on any atom is 0.412 e. The maximum atomic E-state index is 12.4. The van der Waals surface area contributed by atoms with Crippen molar-refractivity contribution in [2.45, 2.75) is 33.3 Å². The summed E-state index contributed by atoms with van der Waals surface area (Å²) < 4.78 is 20.3. The minimum atomic E-state index is -0.678. The van der Waals surface area contributed by atoms with Crippen LogP contribution in [-0.4, -0.2) is 51.2 Å². The number of anilines is 2. The molecule has 1 aromatic carbocycles. The molecule has 0 bridgehead atoms. The first-order chi connectivity index (χ1) is 13.6. The van der Waals surface area contributed by atoms with Crippen LogP contribution in [0.1, 0.15) is 26.3 Å². The number of hydrogen-bond acceptors (Lipinski definition) is 8. The van der Waals surface area contributed by atoms with E-state index >= 15 is 0 Å². The molecular formula is C20H26N2O7. The van der Waals surface area contributed by atoms with E-state index in [1.165, 1.54) is 19.1 Å². The van der Waals surface area contributed by atoms with Crippen LogP contribution in [0.4, 0.5) is 16.2 Å². The molecule has 0 fully saturated rings. The highest BCUT2D eigenvalue weighted by atomic mass is 16.6. The van der Waals surface area contributed by atoms with E-state index in [2.05, 4.69) is 5.32 Å². The highest BCUT2D eigenvalue weighted by Gasteiger charge is 2.32. The van der Waals surface area contributed by atoms with Crippen LogP contribution in [-0.2, 0) is 28.5 Å². The van der Waals surface area contributed by atoms with Crippen molar-refractivity contribution >= 4 is 29.4 Å². The molecule has 0 aromatic heterocycles. The minimum Gasteiger partial charge on any atom is -0.466 e. The van der Waals surface area contributed by atoms with Gasteiger partial charge in [0.15, 0.2) is 0 Å². The number of rotatable bonds is 4. The normalized spacial score (nSPS) is 14.3. The van der Waals surface area contributed by atoms with Crippen LogP contribution in [0, 0.1) is 6.92 Å². The Labute approximate surface area is 169 Å².